The summed E-state index contributed by atoms with van der Waals surface area (Å²) in [5.74, 6) is 0.100. The van der Waals surface area contributed by atoms with Gasteiger partial charge in [0.05, 0.1) is 10.7 Å². The number of hydrogen-bond acceptors (Lipinski definition) is 4. The first-order valence-corrected chi connectivity index (χ1v) is 7.99. The standard InChI is InChI=1S/C16H20N2OS/c1-12(19)10-16-17(2)14-11-13(6-7-15(14)20-16)18-8-4-3-5-9-18/h6-7,10-11H,3-5,8-9H2,1-2H3/b16-10-. The molecule has 0 bridgehead atoms. The molecule has 0 radical (unpaired) electrons. The molecule has 20 heavy (non-hydrogen) atoms. The van der Waals surface area contributed by atoms with Crippen molar-refractivity contribution in [1.29, 1.82) is 0 Å². The van der Waals surface area contributed by atoms with Gasteiger partial charge in [-0.3, -0.25) is 4.79 Å². The van der Waals surface area contributed by atoms with Crippen molar-refractivity contribution in [3.63, 3.8) is 0 Å². The maximum absolute atomic E-state index is 11.3. The number of anilines is 2. The fraction of sp³-hybridized carbons (Fsp3) is 0.438. The molecule has 2 aliphatic heterocycles. The third kappa shape index (κ3) is 2.57. The molecule has 0 aliphatic carbocycles. The van der Waals surface area contributed by atoms with Crippen molar-refractivity contribution in [2.75, 3.05) is 29.9 Å². The first kappa shape index (κ1) is 13.6. The zero-order valence-electron chi connectivity index (χ0n) is 12.1. The first-order valence-electron chi connectivity index (χ1n) is 7.18. The van der Waals surface area contributed by atoms with E-state index < -0.39 is 0 Å². The van der Waals surface area contributed by atoms with Gasteiger partial charge >= 0.3 is 0 Å². The summed E-state index contributed by atoms with van der Waals surface area (Å²) in [7, 11) is 2.04. The molecule has 1 aromatic carbocycles. The Bertz CT molecular complexity index is 562. The van der Waals surface area contributed by atoms with E-state index >= 15 is 0 Å². The molecule has 3 nitrogen and oxygen atoms in total. The molecule has 0 saturated carbocycles. The third-order valence-electron chi connectivity index (χ3n) is 3.90. The number of allylic oxidation sites excluding steroid dienone is 1. The number of nitrogens with zero attached hydrogens (tertiary/aromatic N) is 2. The number of piperidine rings is 1. The number of thioether (sulfide) groups is 1. The molecule has 2 heterocycles. The fourth-order valence-corrected chi connectivity index (χ4v) is 3.92. The van der Waals surface area contributed by atoms with Gasteiger partial charge in [-0.1, -0.05) is 11.8 Å². The van der Waals surface area contributed by atoms with Gasteiger partial charge in [0.1, 0.15) is 0 Å². The van der Waals surface area contributed by atoms with E-state index in [1.165, 1.54) is 35.5 Å². The topological polar surface area (TPSA) is 23.6 Å². The Balaban J connectivity index is 1.88. The minimum Gasteiger partial charge on any atom is -0.371 e. The van der Waals surface area contributed by atoms with Gasteiger partial charge in [-0.25, -0.2) is 0 Å². The molecule has 0 N–H and O–H groups in total. The molecule has 1 saturated heterocycles. The van der Waals surface area contributed by atoms with Crippen LogP contribution in [-0.2, 0) is 4.79 Å². The molecule has 0 atom stereocenters. The summed E-state index contributed by atoms with van der Waals surface area (Å²) in [4.78, 5) is 17.1. The second-order valence-electron chi connectivity index (χ2n) is 5.45. The van der Waals surface area contributed by atoms with Gasteiger partial charge in [0, 0.05) is 36.8 Å². The van der Waals surface area contributed by atoms with Crippen molar-refractivity contribution in [2.24, 2.45) is 0 Å². The molecule has 2 aliphatic rings. The Morgan fingerprint density at radius 3 is 2.70 bits per heavy atom. The highest BCUT2D eigenvalue weighted by atomic mass is 32.2. The highest BCUT2D eigenvalue weighted by Gasteiger charge is 2.23. The molecule has 1 fully saturated rings. The van der Waals surface area contributed by atoms with Gasteiger partial charge in [0.25, 0.3) is 0 Å². The lowest BCUT2D eigenvalue weighted by atomic mass is 10.1. The van der Waals surface area contributed by atoms with Gasteiger partial charge in [-0.2, -0.15) is 0 Å². The maximum Gasteiger partial charge on any atom is 0.155 e. The van der Waals surface area contributed by atoms with Gasteiger partial charge in [-0.15, -0.1) is 0 Å². The van der Waals surface area contributed by atoms with Crippen LogP contribution in [0.2, 0.25) is 0 Å². The maximum atomic E-state index is 11.3. The molecule has 0 unspecified atom stereocenters. The van der Waals surface area contributed by atoms with Gasteiger partial charge < -0.3 is 9.80 Å². The number of ketones is 1. The number of rotatable bonds is 2. The smallest absolute Gasteiger partial charge is 0.155 e. The van der Waals surface area contributed by atoms with Crippen LogP contribution in [0.1, 0.15) is 26.2 Å². The molecule has 106 valence electrons. The first-order chi connectivity index (χ1) is 9.65. The summed E-state index contributed by atoms with van der Waals surface area (Å²) in [6.07, 6.45) is 5.64. The van der Waals surface area contributed by atoms with Crippen LogP contribution in [-0.4, -0.2) is 25.9 Å². The minimum absolute atomic E-state index is 0.100. The van der Waals surface area contributed by atoms with E-state index in [-0.39, 0.29) is 5.78 Å². The fourth-order valence-electron chi connectivity index (χ4n) is 2.80. The molecule has 0 aromatic heterocycles. The summed E-state index contributed by atoms with van der Waals surface area (Å²) in [5, 5.41) is 1.02. The molecular formula is C16H20N2OS. The third-order valence-corrected chi connectivity index (χ3v) is 5.06. The van der Waals surface area contributed by atoms with Crippen LogP contribution in [0.15, 0.2) is 34.2 Å². The lowest BCUT2D eigenvalue weighted by Gasteiger charge is -2.29. The van der Waals surface area contributed by atoms with E-state index in [4.69, 9.17) is 0 Å². The van der Waals surface area contributed by atoms with Crippen LogP contribution >= 0.6 is 11.8 Å². The predicted octanol–water partition coefficient (Wildman–Crippen LogP) is 3.65. The summed E-state index contributed by atoms with van der Waals surface area (Å²) in [5.41, 5.74) is 2.52. The lowest BCUT2D eigenvalue weighted by Crippen LogP contribution is -2.29. The van der Waals surface area contributed by atoms with Crippen molar-refractivity contribution < 1.29 is 4.79 Å². The van der Waals surface area contributed by atoms with Crippen LogP contribution < -0.4 is 9.80 Å². The lowest BCUT2D eigenvalue weighted by molar-refractivity contribution is -0.112. The molecular weight excluding hydrogens is 268 g/mol. The average molecular weight is 288 g/mol. The monoisotopic (exact) mass is 288 g/mol. The van der Waals surface area contributed by atoms with Crippen molar-refractivity contribution >= 4 is 28.9 Å². The van der Waals surface area contributed by atoms with Crippen molar-refractivity contribution in [1.82, 2.24) is 0 Å². The number of hydrogen-bond donors (Lipinski definition) is 0. The summed E-state index contributed by atoms with van der Waals surface area (Å²) >= 11 is 1.68. The highest BCUT2D eigenvalue weighted by Crippen LogP contribution is 2.46. The summed E-state index contributed by atoms with van der Waals surface area (Å²) in [6, 6.07) is 6.65. The second kappa shape index (κ2) is 5.52. The van der Waals surface area contributed by atoms with E-state index in [0.717, 1.165) is 18.1 Å². The predicted molar refractivity (Wildman–Crippen MR) is 85.5 cm³/mol. The number of carbonyl (C=O) groups is 1. The van der Waals surface area contributed by atoms with Gasteiger partial charge in [0.15, 0.2) is 5.78 Å². The van der Waals surface area contributed by atoms with E-state index in [1.807, 2.05) is 7.05 Å². The molecule has 3 rings (SSSR count). The molecule has 0 amide bonds. The highest BCUT2D eigenvalue weighted by molar-refractivity contribution is 8.03. The number of fused-ring (bicyclic) bond motifs is 1. The van der Waals surface area contributed by atoms with E-state index in [9.17, 15) is 4.79 Å². The van der Waals surface area contributed by atoms with Crippen molar-refractivity contribution in [3.05, 3.63) is 29.3 Å². The second-order valence-corrected chi connectivity index (χ2v) is 6.52. The van der Waals surface area contributed by atoms with Crippen molar-refractivity contribution in [2.45, 2.75) is 31.1 Å². The van der Waals surface area contributed by atoms with Crippen LogP contribution in [0.3, 0.4) is 0 Å². The Hall–Kier alpha value is -1.42. The van der Waals surface area contributed by atoms with Crippen LogP contribution in [0.25, 0.3) is 0 Å². The molecule has 1 aromatic rings. The van der Waals surface area contributed by atoms with E-state index in [2.05, 4.69) is 28.0 Å². The van der Waals surface area contributed by atoms with E-state index in [0.29, 0.717) is 0 Å². The molecule has 4 heteroatoms. The summed E-state index contributed by atoms with van der Waals surface area (Å²) < 4.78 is 0. The largest absolute Gasteiger partial charge is 0.371 e. The average Bonchev–Trinajstić information content (AvgIpc) is 2.75. The number of carbonyl (C=O) groups excluding carboxylic acids is 1. The van der Waals surface area contributed by atoms with Gasteiger partial charge in [0.2, 0.25) is 0 Å². The van der Waals surface area contributed by atoms with E-state index in [1.54, 1.807) is 24.8 Å². The minimum atomic E-state index is 0.100. The SMILES string of the molecule is CC(=O)/C=C1\Sc2ccc(N3CCCCC3)cc2N1C. The zero-order valence-corrected chi connectivity index (χ0v) is 12.9. The van der Waals surface area contributed by atoms with Crippen molar-refractivity contribution in [3.8, 4) is 0 Å². The zero-order chi connectivity index (χ0) is 14.1. The number of benzene rings is 1. The normalized spacial score (nSPS) is 20.4. The quantitative estimate of drug-likeness (QED) is 0.775. The Kier molecular flexibility index (Phi) is 3.74. The Labute approximate surface area is 124 Å². The van der Waals surface area contributed by atoms with Crippen LogP contribution in [0.4, 0.5) is 11.4 Å². The van der Waals surface area contributed by atoms with Gasteiger partial charge in [-0.05, 0) is 44.4 Å². The molecule has 0 spiro atoms. The van der Waals surface area contributed by atoms with Crippen LogP contribution in [0.5, 0.6) is 0 Å². The summed E-state index contributed by atoms with van der Waals surface area (Å²) in [6.45, 7) is 3.92. The Morgan fingerprint density at radius 2 is 2.00 bits per heavy atom. The Morgan fingerprint density at radius 1 is 1.25 bits per heavy atom. The van der Waals surface area contributed by atoms with Crippen LogP contribution in [0, 0.1) is 0 Å².